The smallest absolute Gasteiger partial charge is 0.416 e. The average molecular weight is 338 g/mol. The lowest BCUT2D eigenvalue weighted by molar-refractivity contribution is -0.137. The molecule has 2 N–H and O–H groups in total. The number of fused-ring (bicyclic) bond motifs is 1. The van der Waals surface area contributed by atoms with Gasteiger partial charge in [0.15, 0.2) is 5.65 Å². The Balaban J connectivity index is 1.82. The monoisotopic (exact) mass is 338 g/mol. The summed E-state index contributed by atoms with van der Waals surface area (Å²) in [4.78, 5) is 4.22. The van der Waals surface area contributed by atoms with Gasteiger partial charge in [0.25, 0.3) is 0 Å². The van der Waals surface area contributed by atoms with E-state index < -0.39 is 11.7 Å². The zero-order valence-electron chi connectivity index (χ0n) is 12.3. The van der Waals surface area contributed by atoms with E-state index in [2.05, 4.69) is 15.4 Å². The third-order valence-corrected chi connectivity index (χ3v) is 3.13. The van der Waals surface area contributed by atoms with Crippen molar-refractivity contribution in [2.75, 3.05) is 18.5 Å². The van der Waals surface area contributed by atoms with Crippen LogP contribution in [0.4, 0.5) is 24.8 Å². The van der Waals surface area contributed by atoms with Crippen LogP contribution in [0.15, 0.2) is 42.5 Å². The van der Waals surface area contributed by atoms with E-state index in [0.29, 0.717) is 17.2 Å². The maximum absolute atomic E-state index is 12.6. The highest BCUT2D eigenvalue weighted by molar-refractivity contribution is 5.56. The third kappa shape index (κ3) is 3.40. The van der Waals surface area contributed by atoms with Crippen LogP contribution in [0.2, 0.25) is 0 Å². The van der Waals surface area contributed by atoms with Gasteiger partial charge in [0.1, 0.15) is 6.61 Å². The van der Waals surface area contributed by atoms with E-state index in [9.17, 15) is 13.2 Å². The molecule has 3 aromatic rings. The van der Waals surface area contributed by atoms with Gasteiger partial charge >= 0.3 is 6.18 Å². The Morgan fingerprint density at radius 3 is 2.54 bits per heavy atom. The topological polar surface area (TPSA) is 71.7 Å². The number of rotatable bonds is 5. The number of nitrogens with zero attached hydrogens (tertiary/aromatic N) is 3. The molecule has 0 aliphatic rings. The molecule has 3 rings (SSSR count). The Kier molecular flexibility index (Phi) is 4.26. The highest BCUT2D eigenvalue weighted by atomic mass is 19.4. The van der Waals surface area contributed by atoms with Crippen molar-refractivity contribution in [1.29, 1.82) is 0 Å². The number of anilines is 2. The number of aliphatic hydroxyl groups excluding tert-OH is 1. The fourth-order valence-electron chi connectivity index (χ4n) is 2.07. The minimum Gasteiger partial charge on any atom is -0.475 e. The highest BCUT2D eigenvalue weighted by Gasteiger charge is 2.29. The summed E-state index contributed by atoms with van der Waals surface area (Å²) in [5.41, 5.74) is 0.201. The number of alkyl halides is 3. The van der Waals surface area contributed by atoms with Crippen LogP contribution in [-0.4, -0.2) is 32.9 Å². The molecule has 0 unspecified atom stereocenters. The number of hydrogen-bond acceptors (Lipinski definition) is 5. The van der Waals surface area contributed by atoms with Crippen molar-refractivity contribution in [2.45, 2.75) is 6.18 Å². The zero-order valence-corrected chi connectivity index (χ0v) is 12.3. The van der Waals surface area contributed by atoms with E-state index in [0.717, 1.165) is 12.1 Å². The number of aliphatic hydroxyl groups is 1. The summed E-state index contributed by atoms with van der Waals surface area (Å²) in [6.45, 7) is -0.0254. The second-order valence-electron chi connectivity index (χ2n) is 4.84. The molecule has 0 fully saturated rings. The summed E-state index contributed by atoms with van der Waals surface area (Å²) in [5, 5.41) is 15.9. The van der Waals surface area contributed by atoms with E-state index >= 15 is 0 Å². The van der Waals surface area contributed by atoms with E-state index in [1.165, 1.54) is 16.6 Å². The molecule has 2 aromatic heterocycles. The molecule has 24 heavy (non-hydrogen) atoms. The van der Waals surface area contributed by atoms with Crippen LogP contribution in [0, 0.1) is 0 Å². The molecule has 0 radical (unpaired) electrons. The Morgan fingerprint density at radius 1 is 1.12 bits per heavy atom. The van der Waals surface area contributed by atoms with Crippen molar-refractivity contribution < 1.29 is 23.0 Å². The van der Waals surface area contributed by atoms with Crippen molar-refractivity contribution in [3.05, 3.63) is 48.0 Å². The maximum atomic E-state index is 12.6. The summed E-state index contributed by atoms with van der Waals surface area (Å²) in [7, 11) is 0. The van der Waals surface area contributed by atoms with Crippen LogP contribution in [-0.2, 0) is 6.18 Å². The molecular formula is C15H13F3N4O2. The highest BCUT2D eigenvalue weighted by Crippen LogP contribution is 2.30. The van der Waals surface area contributed by atoms with Crippen LogP contribution in [0.25, 0.3) is 5.65 Å². The number of benzene rings is 1. The molecule has 0 aliphatic heterocycles. The first-order chi connectivity index (χ1) is 11.5. The van der Waals surface area contributed by atoms with Crippen molar-refractivity contribution in [1.82, 2.24) is 14.6 Å². The van der Waals surface area contributed by atoms with Gasteiger partial charge in [-0.15, -0.1) is 5.10 Å². The fraction of sp³-hybridized carbons (Fsp3) is 0.200. The van der Waals surface area contributed by atoms with Crippen molar-refractivity contribution in [3.8, 4) is 5.88 Å². The average Bonchev–Trinajstić information content (AvgIpc) is 2.95. The molecule has 126 valence electrons. The molecule has 0 spiro atoms. The second kappa shape index (κ2) is 6.36. The quantitative estimate of drug-likeness (QED) is 0.748. The molecule has 0 saturated heterocycles. The van der Waals surface area contributed by atoms with Crippen LogP contribution >= 0.6 is 0 Å². The fourth-order valence-corrected chi connectivity index (χ4v) is 2.07. The molecule has 9 heteroatoms. The molecule has 1 aromatic carbocycles. The van der Waals surface area contributed by atoms with Crippen LogP contribution in [0.1, 0.15) is 5.56 Å². The third-order valence-electron chi connectivity index (χ3n) is 3.13. The lowest BCUT2D eigenvalue weighted by Gasteiger charge is -2.07. The molecule has 2 heterocycles. The summed E-state index contributed by atoms with van der Waals surface area (Å²) >= 11 is 0. The molecule has 0 atom stereocenters. The molecule has 0 bridgehead atoms. The van der Waals surface area contributed by atoms with E-state index in [1.807, 2.05) is 0 Å². The van der Waals surface area contributed by atoms with E-state index in [4.69, 9.17) is 9.84 Å². The Hall–Kier alpha value is -2.81. The van der Waals surface area contributed by atoms with Gasteiger partial charge in [-0.25, -0.2) is 0 Å². The number of hydrogen-bond donors (Lipinski definition) is 2. The summed E-state index contributed by atoms with van der Waals surface area (Å²) in [6.07, 6.45) is -4.38. The largest absolute Gasteiger partial charge is 0.475 e. The van der Waals surface area contributed by atoms with Gasteiger partial charge < -0.3 is 15.2 Å². The minimum atomic E-state index is -4.38. The van der Waals surface area contributed by atoms with Gasteiger partial charge in [-0.3, -0.25) is 0 Å². The number of halogens is 3. The van der Waals surface area contributed by atoms with Gasteiger partial charge in [-0.05, 0) is 30.3 Å². The van der Waals surface area contributed by atoms with E-state index in [-0.39, 0.29) is 19.2 Å². The van der Waals surface area contributed by atoms with Crippen LogP contribution in [0.5, 0.6) is 5.88 Å². The SMILES string of the molecule is OCCOc1cccc2nc(Nc3ccc(C(F)(F)F)cc3)nn12. The Labute approximate surface area is 134 Å². The Bertz CT molecular complexity index is 831. The molecule has 0 saturated carbocycles. The molecule has 0 amide bonds. The molecule has 0 aliphatic carbocycles. The van der Waals surface area contributed by atoms with Crippen molar-refractivity contribution in [2.24, 2.45) is 0 Å². The first-order valence-corrected chi connectivity index (χ1v) is 7.01. The van der Waals surface area contributed by atoms with Gasteiger partial charge in [-0.1, -0.05) is 6.07 Å². The first kappa shape index (κ1) is 16.1. The second-order valence-corrected chi connectivity index (χ2v) is 4.84. The number of nitrogens with one attached hydrogen (secondary N) is 1. The van der Waals surface area contributed by atoms with Gasteiger partial charge in [-0.2, -0.15) is 22.7 Å². The van der Waals surface area contributed by atoms with Crippen molar-refractivity contribution >= 4 is 17.3 Å². The lowest BCUT2D eigenvalue weighted by Crippen LogP contribution is -2.06. The summed E-state index contributed by atoms with van der Waals surface area (Å²) in [5.74, 6) is 0.615. The Morgan fingerprint density at radius 2 is 1.88 bits per heavy atom. The van der Waals surface area contributed by atoms with Crippen LogP contribution < -0.4 is 10.1 Å². The summed E-state index contributed by atoms with van der Waals surface area (Å²) < 4.78 is 44.4. The van der Waals surface area contributed by atoms with E-state index in [1.54, 1.807) is 18.2 Å². The van der Waals surface area contributed by atoms with Crippen molar-refractivity contribution in [3.63, 3.8) is 0 Å². The predicted octanol–water partition coefficient (Wildman–Crippen LogP) is 2.86. The zero-order chi connectivity index (χ0) is 17.2. The normalized spacial score (nSPS) is 11.7. The minimum absolute atomic E-state index is 0.112. The van der Waals surface area contributed by atoms with Crippen LogP contribution in [0.3, 0.4) is 0 Å². The number of pyridine rings is 1. The first-order valence-electron chi connectivity index (χ1n) is 7.01. The lowest BCUT2D eigenvalue weighted by atomic mass is 10.2. The van der Waals surface area contributed by atoms with Gasteiger partial charge in [0, 0.05) is 11.8 Å². The standard InChI is InChI=1S/C15H13F3N4O2/c16-15(17,18)10-4-6-11(7-5-10)19-14-20-12-2-1-3-13(22(12)21-14)24-9-8-23/h1-7,23H,8-9H2,(H,19,21). The number of aromatic nitrogens is 3. The number of ether oxygens (including phenoxy) is 1. The maximum Gasteiger partial charge on any atom is 0.416 e. The predicted molar refractivity (Wildman–Crippen MR) is 80.3 cm³/mol. The van der Waals surface area contributed by atoms with Gasteiger partial charge in [0.05, 0.1) is 12.2 Å². The molecule has 6 nitrogen and oxygen atoms in total. The summed E-state index contributed by atoms with van der Waals surface area (Å²) in [6, 6.07) is 9.66. The molecular weight excluding hydrogens is 325 g/mol. The van der Waals surface area contributed by atoms with Gasteiger partial charge in [0.2, 0.25) is 11.8 Å².